The smallest absolute Gasteiger partial charge is 0.345 e. The van der Waals surface area contributed by atoms with Crippen molar-refractivity contribution in [3.05, 3.63) is 16.3 Å². The number of aromatic nitrogens is 3. The Morgan fingerprint density at radius 3 is 2.28 bits per heavy atom. The molecular weight excluding hydrogens is 481 g/mol. The van der Waals surface area contributed by atoms with Crippen molar-refractivity contribution < 1.29 is 0 Å². The first-order valence-electron chi connectivity index (χ1n) is 11.1. The third-order valence-electron chi connectivity index (χ3n) is 5.74. The van der Waals surface area contributed by atoms with Crippen molar-refractivity contribution >= 4 is 29.9 Å². The Labute approximate surface area is 191 Å². The summed E-state index contributed by atoms with van der Waals surface area (Å²) in [4.78, 5) is 19.2. The molecule has 1 aromatic rings. The number of hydrogen-bond donors (Lipinski definition) is 2. The molecular formula is C20H38IN7O. The van der Waals surface area contributed by atoms with Gasteiger partial charge in [-0.15, -0.1) is 24.0 Å². The summed E-state index contributed by atoms with van der Waals surface area (Å²) in [6.07, 6.45) is 10.6. The second-order valence-electron chi connectivity index (χ2n) is 7.92. The van der Waals surface area contributed by atoms with Gasteiger partial charge in [-0.2, -0.15) is 5.10 Å². The lowest BCUT2D eigenvalue weighted by atomic mass is 10.2. The molecule has 0 saturated carbocycles. The Morgan fingerprint density at radius 2 is 1.62 bits per heavy atom. The van der Waals surface area contributed by atoms with E-state index in [4.69, 9.17) is 0 Å². The van der Waals surface area contributed by atoms with Crippen LogP contribution in [0.5, 0.6) is 0 Å². The Bertz CT molecular complexity index is 677. The van der Waals surface area contributed by atoms with E-state index >= 15 is 0 Å². The molecule has 2 aliphatic rings. The van der Waals surface area contributed by atoms with E-state index in [1.54, 1.807) is 11.7 Å². The summed E-state index contributed by atoms with van der Waals surface area (Å²) in [5.74, 6) is 1.79. The van der Waals surface area contributed by atoms with Gasteiger partial charge in [0.1, 0.15) is 5.82 Å². The number of hydrogen-bond acceptors (Lipinski definition) is 4. The number of aliphatic imine (C=N–C) groups is 1. The molecule has 3 rings (SSSR count). The average Bonchev–Trinajstić information content (AvgIpc) is 2.88. The zero-order chi connectivity index (χ0) is 19.6. The van der Waals surface area contributed by atoms with Crippen LogP contribution in [-0.4, -0.2) is 65.0 Å². The van der Waals surface area contributed by atoms with E-state index in [-0.39, 0.29) is 29.7 Å². The van der Waals surface area contributed by atoms with Crippen molar-refractivity contribution in [1.29, 1.82) is 0 Å². The number of rotatable bonds is 8. The highest BCUT2D eigenvalue weighted by Crippen LogP contribution is 2.10. The molecule has 0 unspecified atom stereocenters. The molecule has 1 saturated heterocycles. The number of fused-ring (bicyclic) bond motifs is 1. The molecule has 1 fully saturated rings. The zero-order valence-corrected chi connectivity index (χ0v) is 20.2. The third-order valence-corrected chi connectivity index (χ3v) is 5.74. The zero-order valence-electron chi connectivity index (χ0n) is 17.9. The molecule has 0 radical (unpaired) electrons. The summed E-state index contributed by atoms with van der Waals surface area (Å²) in [5, 5.41) is 11.2. The van der Waals surface area contributed by atoms with Crippen LogP contribution in [0.4, 0.5) is 0 Å². The predicted octanol–water partition coefficient (Wildman–Crippen LogP) is 1.82. The Morgan fingerprint density at radius 1 is 0.966 bits per heavy atom. The van der Waals surface area contributed by atoms with Crippen LogP contribution < -0.4 is 16.3 Å². The molecule has 1 aromatic heterocycles. The maximum atomic E-state index is 12.3. The van der Waals surface area contributed by atoms with Gasteiger partial charge in [0.25, 0.3) is 0 Å². The van der Waals surface area contributed by atoms with Crippen molar-refractivity contribution in [2.75, 3.05) is 39.8 Å². The van der Waals surface area contributed by atoms with Crippen molar-refractivity contribution in [2.24, 2.45) is 4.99 Å². The van der Waals surface area contributed by atoms with Crippen molar-refractivity contribution in [3.8, 4) is 0 Å². The van der Waals surface area contributed by atoms with E-state index in [2.05, 4.69) is 25.6 Å². The molecule has 2 aliphatic heterocycles. The summed E-state index contributed by atoms with van der Waals surface area (Å²) in [7, 11) is 1.80. The minimum atomic E-state index is 0. The topological polar surface area (TPSA) is 79.5 Å². The number of nitrogens with one attached hydrogen (secondary N) is 2. The quantitative estimate of drug-likeness (QED) is 0.237. The molecule has 0 spiro atoms. The molecule has 0 aliphatic carbocycles. The number of aryl methyl sites for hydroxylation is 2. The fourth-order valence-electron chi connectivity index (χ4n) is 4.12. The second-order valence-corrected chi connectivity index (χ2v) is 7.92. The SMILES string of the molecule is CN=C(NCCCN1CCCCCC1)NCCCn1nc2n(c1=O)CCCC2.I. The monoisotopic (exact) mass is 519 g/mol. The Kier molecular flexibility index (Phi) is 11.0. The lowest BCUT2D eigenvalue weighted by Crippen LogP contribution is -2.39. The molecule has 29 heavy (non-hydrogen) atoms. The average molecular weight is 519 g/mol. The van der Waals surface area contributed by atoms with Gasteiger partial charge in [0.15, 0.2) is 5.96 Å². The molecule has 2 N–H and O–H groups in total. The van der Waals surface area contributed by atoms with Gasteiger partial charge in [0.2, 0.25) is 0 Å². The highest BCUT2D eigenvalue weighted by Gasteiger charge is 2.16. The fraction of sp³-hybridized carbons (Fsp3) is 0.850. The van der Waals surface area contributed by atoms with Gasteiger partial charge in [-0.05, 0) is 58.2 Å². The van der Waals surface area contributed by atoms with Crippen LogP contribution in [0.3, 0.4) is 0 Å². The van der Waals surface area contributed by atoms with Crippen molar-refractivity contribution in [1.82, 2.24) is 29.9 Å². The van der Waals surface area contributed by atoms with Crippen molar-refractivity contribution in [3.63, 3.8) is 0 Å². The Balaban J connectivity index is 0.00000300. The number of halogens is 1. The summed E-state index contributed by atoms with van der Waals surface area (Å²) in [5.41, 5.74) is 0.0470. The maximum Gasteiger partial charge on any atom is 0.345 e. The number of guanidine groups is 1. The van der Waals surface area contributed by atoms with Gasteiger partial charge in [-0.1, -0.05) is 12.8 Å². The van der Waals surface area contributed by atoms with E-state index in [1.807, 2.05) is 4.57 Å². The standard InChI is InChI=1S/C20H37N7O.HI/c1-21-19(22-11-8-15-25-13-5-2-3-6-14-25)23-12-9-17-27-20(28)26-16-7-4-10-18(26)24-27;/h2-17H2,1H3,(H2,21,22,23);1H. The van der Waals surface area contributed by atoms with Crippen LogP contribution in [0.15, 0.2) is 9.79 Å². The van der Waals surface area contributed by atoms with E-state index < -0.39 is 0 Å². The normalized spacial score (nSPS) is 17.9. The van der Waals surface area contributed by atoms with E-state index in [1.165, 1.54) is 38.8 Å². The molecule has 0 atom stereocenters. The summed E-state index contributed by atoms with van der Waals surface area (Å²) < 4.78 is 3.46. The van der Waals surface area contributed by atoms with Crippen molar-refractivity contribution in [2.45, 2.75) is 70.9 Å². The molecule has 0 aromatic carbocycles. The predicted molar refractivity (Wildman–Crippen MR) is 128 cm³/mol. The highest BCUT2D eigenvalue weighted by atomic mass is 127. The summed E-state index contributed by atoms with van der Waals surface area (Å²) in [6.45, 7) is 6.85. The Hall–Kier alpha value is -1.10. The lowest BCUT2D eigenvalue weighted by Gasteiger charge is -2.20. The molecule has 9 heteroatoms. The van der Waals surface area contributed by atoms with Gasteiger partial charge >= 0.3 is 5.69 Å². The minimum Gasteiger partial charge on any atom is -0.356 e. The van der Waals surface area contributed by atoms with Crippen LogP contribution in [0.25, 0.3) is 0 Å². The maximum absolute atomic E-state index is 12.3. The first-order chi connectivity index (χ1) is 13.8. The second kappa shape index (κ2) is 13.3. The van der Waals surface area contributed by atoms with Crippen LogP contribution in [0.1, 0.15) is 57.2 Å². The molecule has 0 amide bonds. The number of likely N-dealkylation sites (tertiary alicyclic amines) is 1. The molecule has 8 nitrogen and oxygen atoms in total. The first-order valence-corrected chi connectivity index (χ1v) is 11.1. The fourth-order valence-corrected chi connectivity index (χ4v) is 4.12. The van der Waals surface area contributed by atoms with Gasteiger partial charge in [-0.25, -0.2) is 9.48 Å². The van der Waals surface area contributed by atoms with Crippen LogP contribution >= 0.6 is 24.0 Å². The van der Waals surface area contributed by atoms with Crippen LogP contribution in [0, 0.1) is 0 Å². The lowest BCUT2D eigenvalue weighted by molar-refractivity contribution is 0.282. The summed E-state index contributed by atoms with van der Waals surface area (Å²) >= 11 is 0. The third kappa shape index (κ3) is 7.58. The number of nitrogens with zero attached hydrogens (tertiary/aromatic N) is 5. The van der Waals surface area contributed by atoms with Gasteiger partial charge in [0.05, 0.1) is 0 Å². The van der Waals surface area contributed by atoms with Gasteiger partial charge in [0, 0.05) is 39.6 Å². The molecule has 0 bridgehead atoms. The highest BCUT2D eigenvalue weighted by molar-refractivity contribution is 14.0. The van der Waals surface area contributed by atoms with Crippen LogP contribution in [0.2, 0.25) is 0 Å². The van der Waals surface area contributed by atoms with Gasteiger partial charge in [-0.3, -0.25) is 9.56 Å². The molecule has 166 valence electrons. The van der Waals surface area contributed by atoms with E-state index in [0.29, 0.717) is 6.54 Å². The largest absolute Gasteiger partial charge is 0.356 e. The molecule has 3 heterocycles. The van der Waals surface area contributed by atoms with Crippen LogP contribution in [-0.2, 0) is 19.5 Å². The first kappa shape index (κ1) is 24.2. The van der Waals surface area contributed by atoms with Gasteiger partial charge < -0.3 is 15.5 Å². The van der Waals surface area contributed by atoms with E-state index in [0.717, 1.165) is 70.1 Å². The minimum absolute atomic E-state index is 0. The summed E-state index contributed by atoms with van der Waals surface area (Å²) in [6, 6.07) is 0. The van der Waals surface area contributed by atoms with E-state index in [9.17, 15) is 4.79 Å².